The molecule has 7 heteroatoms. The maximum absolute atomic E-state index is 9.85. The average Bonchev–Trinajstić information content (AvgIpc) is 3.60. The molecule has 0 atom stereocenters. The van der Waals surface area contributed by atoms with Gasteiger partial charge in [-0.25, -0.2) is 0 Å². The number of hydrogen-bond donors (Lipinski definition) is 2. The molecule has 37 heavy (non-hydrogen) atoms. The number of piperazine rings is 1. The summed E-state index contributed by atoms with van der Waals surface area (Å²) in [6.45, 7) is 5.51. The van der Waals surface area contributed by atoms with Crippen LogP contribution in [-0.4, -0.2) is 53.0 Å². The number of rotatable bonds is 6. The topological polar surface area (TPSA) is 71.0 Å². The van der Waals surface area contributed by atoms with Gasteiger partial charge in [0.25, 0.3) is 0 Å². The predicted molar refractivity (Wildman–Crippen MR) is 152 cm³/mol. The fourth-order valence-corrected chi connectivity index (χ4v) is 5.91. The molecule has 3 aromatic heterocycles. The molecule has 184 valence electrons. The number of benzene rings is 2. The maximum Gasteiger partial charge on any atom is 0.103 e. The Balaban J connectivity index is 1.29. The molecule has 0 unspecified atom stereocenters. The van der Waals surface area contributed by atoms with E-state index in [-0.39, 0.29) is 0 Å². The highest BCUT2D eigenvalue weighted by molar-refractivity contribution is 7.15. The lowest BCUT2D eigenvalue weighted by molar-refractivity contribution is 0.149. The zero-order chi connectivity index (χ0) is 25.2. The number of nitrogens with one attached hydrogen (secondary N) is 2. The minimum atomic E-state index is 0.516. The minimum absolute atomic E-state index is 0.516. The summed E-state index contributed by atoms with van der Waals surface area (Å²) in [5.74, 6) is 0. The summed E-state index contributed by atoms with van der Waals surface area (Å²) >= 11 is 1.86. The first kappa shape index (κ1) is 23.4. The second-order valence-electron chi connectivity index (χ2n) is 9.55. The second-order valence-corrected chi connectivity index (χ2v) is 10.7. The van der Waals surface area contributed by atoms with Crippen molar-refractivity contribution in [2.24, 2.45) is 0 Å². The monoisotopic (exact) mass is 504 g/mol. The Kier molecular flexibility index (Phi) is 6.46. The molecular formula is C30H28N6S. The number of likely N-dealkylation sites (N-methyl/N-ethyl adjacent to an activating group) is 1. The van der Waals surface area contributed by atoms with Gasteiger partial charge in [0, 0.05) is 83.2 Å². The molecular weight excluding hydrogens is 476 g/mol. The molecule has 0 saturated carbocycles. The summed E-state index contributed by atoms with van der Waals surface area (Å²) in [6.07, 6.45) is 5.39. The van der Waals surface area contributed by atoms with Gasteiger partial charge >= 0.3 is 0 Å². The third-order valence-electron chi connectivity index (χ3n) is 6.98. The van der Waals surface area contributed by atoms with Crippen molar-refractivity contribution in [2.75, 3.05) is 38.5 Å². The molecule has 6 rings (SSSR count). The van der Waals surface area contributed by atoms with E-state index in [0.717, 1.165) is 66.1 Å². The molecule has 2 aromatic carbocycles. The van der Waals surface area contributed by atoms with Crippen molar-refractivity contribution in [1.29, 1.82) is 5.26 Å². The van der Waals surface area contributed by atoms with Crippen LogP contribution in [-0.2, 0) is 6.54 Å². The van der Waals surface area contributed by atoms with Gasteiger partial charge in [-0.1, -0.05) is 18.2 Å². The van der Waals surface area contributed by atoms with Gasteiger partial charge in [0.05, 0.1) is 11.3 Å². The molecule has 0 aliphatic carbocycles. The van der Waals surface area contributed by atoms with Crippen LogP contribution in [0.5, 0.6) is 0 Å². The van der Waals surface area contributed by atoms with Gasteiger partial charge < -0.3 is 15.2 Å². The van der Waals surface area contributed by atoms with E-state index >= 15 is 0 Å². The molecule has 1 aliphatic heterocycles. The highest BCUT2D eigenvalue weighted by Crippen LogP contribution is 2.36. The summed E-state index contributed by atoms with van der Waals surface area (Å²) < 4.78 is 0. The van der Waals surface area contributed by atoms with Gasteiger partial charge in [0.15, 0.2) is 0 Å². The fourth-order valence-electron chi connectivity index (χ4n) is 4.86. The van der Waals surface area contributed by atoms with Gasteiger partial charge in [-0.3, -0.25) is 9.88 Å². The Morgan fingerprint density at radius 2 is 1.86 bits per heavy atom. The third-order valence-corrected chi connectivity index (χ3v) is 8.10. The normalized spacial score (nSPS) is 14.6. The summed E-state index contributed by atoms with van der Waals surface area (Å²) in [6, 6.07) is 23.5. The number of aromatic nitrogens is 2. The number of pyridine rings is 1. The van der Waals surface area contributed by atoms with Crippen molar-refractivity contribution >= 4 is 33.6 Å². The molecule has 0 bridgehead atoms. The maximum atomic E-state index is 9.85. The number of thiophene rings is 1. The van der Waals surface area contributed by atoms with Crippen molar-refractivity contribution in [3.63, 3.8) is 0 Å². The molecule has 1 aliphatic rings. The van der Waals surface area contributed by atoms with E-state index < -0.39 is 0 Å². The summed E-state index contributed by atoms with van der Waals surface area (Å²) in [5.41, 5.74) is 6.41. The number of hydrogen-bond acceptors (Lipinski definition) is 6. The standard InChI is InChI=1S/C30H28N6S/c1-35-11-13-36(14-12-35)20-26-6-8-29(37-26)23-4-2-3-21(15-23)27-19-32-18-24(17-31)30(27)34-25-5-7-28-22(16-25)9-10-33-28/h2-10,15-16,18-19,33H,11-14,20H2,1H3,(H,32,34). The van der Waals surface area contributed by atoms with Gasteiger partial charge in [0.2, 0.25) is 0 Å². The van der Waals surface area contributed by atoms with E-state index in [1.54, 1.807) is 6.20 Å². The lowest BCUT2D eigenvalue weighted by Gasteiger charge is -2.31. The van der Waals surface area contributed by atoms with Gasteiger partial charge in [-0.2, -0.15) is 5.26 Å². The van der Waals surface area contributed by atoms with Crippen LogP contribution in [0, 0.1) is 11.3 Å². The van der Waals surface area contributed by atoms with E-state index in [0.29, 0.717) is 5.56 Å². The third kappa shape index (κ3) is 5.00. The van der Waals surface area contributed by atoms with E-state index in [4.69, 9.17) is 0 Å². The zero-order valence-corrected chi connectivity index (χ0v) is 21.6. The van der Waals surface area contributed by atoms with Crippen molar-refractivity contribution < 1.29 is 0 Å². The van der Waals surface area contributed by atoms with Crippen molar-refractivity contribution in [3.05, 3.63) is 89.7 Å². The van der Waals surface area contributed by atoms with Crippen LogP contribution in [0.1, 0.15) is 10.4 Å². The van der Waals surface area contributed by atoms with Crippen LogP contribution < -0.4 is 5.32 Å². The predicted octanol–water partition coefficient (Wildman–Crippen LogP) is 6.32. The Morgan fingerprint density at radius 1 is 1.00 bits per heavy atom. The molecule has 2 N–H and O–H groups in total. The number of H-pyrrole nitrogens is 1. The van der Waals surface area contributed by atoms with Crippen LogP contribution in [0.3, 0.4) is 0 Å². The van der Waals surface area contributed by atoms with Crippen molar-refractivity contribution in [3.8, 4) is 27.6 Å². The molecule has 6 nitrogen and oxygen atoms in total. The highest BCUT2D eigenvalue weighted by Gasteiger charge is 2.16. The first-order chi connectivity index (χ1) is 18.2. The average molecular weight is 505 g/mol. The summed E-state index contributed by atoms with van der Waals surface area (Å²) in [4.78, 5) is 15.2. The molecule has 4 heterocycles. The number of fused-ring (bicyclic) bond motifs is 1. The van der Waals surface area contributed by atoms with Gasteiger partial charge in [-0.05, 0) is 60.6 Å². The number of aromatic amines is 1. The zero-order valence-electron chi connectivity index (χ0n) is 20.7. The Bertz CT molecular complexity index is 1590. The van der Waals surface area contributed by atoms with Crippen molar-refractivity contribution in [2.45, 2.75) is 6.54 Å². The smallest absolute Gasteiger partial charge is 0.103 e. The molecule has 5 aromatic rings. The molecule has 1 fully saturated rings. The fraction of sp³-hybridized carbons (Fsp3) is 0.200. The van der Waals surface area contributed by atoms with Crippen molar-refractivity contribution in [1.82, 2.24) is 19.8 Å². The van der Waals surface area contributed by atoms with Crippen LogP contribution in [0.2, 0.25) is 0 Å². The lowest BCUT2D eigenvalue weighted by Crippen LogP contribution is -2.43. The van der Waals surface area contributed by atoms with E-state index in [1.165, 1.54) is 15.3 Å². The first-order valence-corrected chi connectivity index (χ1v) is 13.3. The minimum Gasteiger partial charge on any atom is -0.361 e. The molecule has 0 radical (unpaired) electrons. The summed E-state index contributed by atoms with van der Waals surface area (Å²) in [5, 5.41) is 14.5. The Labute approximate surface area is 220 Å². The molecule has 1 saturated heterocycles. The van der Waals surface area contributed by atoms with E-state index in [2.05, 4.69) is 80.7 Å². The Hall–Kier alpha value is -3.96. The summed E-state index contributed by atoms with van der Waals surface area (Å²) in [7, 11) is 2.19. The van der Waals surface area contributed by atoms with E-state index in [9.17, 15) is 5.26 Å². The SMILES string of the molecule is CN1CCN(Cc2ccc(-c3cccc(-c4cncc(C#N)c4Nc4ccc5[nH]ccc5c4)c3)s2)CC1. The Morgan fingerprint density at radius 3 is 2.73 bits per heavy atom. The molecule has 0 amide bonds. The lowest BCUT2D eigenvalue weighted by atomic mass is 10.0. The van der Waals surface area contributed by atoms with E-state index in [1.807, 2.05) is 41.9 Å². The van der Waals surface area contributed by atoms with Crippen LogP contribution in [0.15, 0.2) is 79.3 Å². The largest absolute Gasteiger partial charge is 0.361 e. The van der Waals surface area contributed by atoms with Crippen LogP contribution >= 0.6 is 11.3 Å². The number of nitrogens with zero attached hydrogens (tertiary/aromatic N) is 4. The first-order valence-electron chi connectivity index (χ1n) is 12.5. The molecule has 0 spiro atoms. The van der Waals surface area contributed by atoms with Gasteiger partial charge in [0.1, 0.15) is 6.07 Å². The van der Waals surface area contributed by atoms with Crippen LogP contribution in [0.4, 0.5) is 11.4 Å². The number of anilines is 2. The number of nitriles is 1. The second kappa shape index (κ2) is 10.2. The van der Waals surface area contributed by atoms with Crippen LogP contribution in [0.25, 0.3) is 32.5 Å². The highest BCUT2D eigenvalue weighted by atomic mass is 32.1. The quantitative estimate of drug-likeness (QED) is 0.283. The van der Waals surface area contributed by atoms with Gasteiger partial charge in [-0.15, -0.1) is 11.3 Å².